The minimum atomic E-state index is -0.368. The maximum Gasteiger partial charge on any atom is 0.0917 e. The predicted octanol–water partition coefficient (Wildman–Crippen LogP) is 2.36. The van der Waals surface area contributed by atoms with Crippen LogP contribution < -0.4 is 0 Å². The highest BCUT2D eigenvalue weighted by atomic mass is 16.3. The molecule has 1 aromatic rings. The summed E-state index contributed by atoms with van der Waals surface area (Å²) in [5, 5.41) is 10.4. The molecule has 1 N–H and O–H groups in total. The summed E-state index contributed by atoms with van der Waals surface area (Å²) in [5.41, 5.74) is 3.59. The Morgan fingerprint density at radius 2 is 1.70 bits per heavy atom. The third kappa shape index (κ3) is 4.05. The molecule has 1 heterocycles. The first-order chi connectivity index (χ1) is 9.60. The van der Waals surface area contributed by atoms with Crippen LogP contribution in [0.1, 0.15) is 36.1 Å². The van der Waals surface area contributed by atoms with Gasteiger partial charge in [0.15, 0.2) is 0 Å². The number of aryl methyl sites for hydroxylation is 2. The van der Waals surface area contributed by atoms with Crippen LogP contribution in [-0.4, -0.2) is 54.2 Å². The van der Waals surface area contributed by atoms with E-state index in [2.05, 4.69) is 48.8 Å². The van der Waals surface area contributed by atoms with Crippen molar-refractivity contribution in [3.05, 3.63) is 34.9 Å². The summed E-state index contributed by atoms with van der Waals surface area (Å²) in [4.78, 5) is 4.89. The molecule has 1 atom stereocenters. The van der Waals surface area contributed by atoms with Crippen molar-refractivity contribution in [1.29, 1.82) is 0 Å². The van der Waals surface area contributed by atoms with E-state index < -0.39 is 0 Å². The summed E-state index contributed by atoms with van der Waals surface area (Å²) >= 11 is 0. The molecule has 20 heavy (non-hydrogen) atoms. The second kappa shape index (κ2) is 7.21. The number of rotatable bonds is 5. The Bertz CT molecular complexity index is 425. The van der Waals surface area contributed by atoms with E-state index in [4.69, 9.17) is 0 Å². The molecule has 0 aliphatic carbocycles. The van der Waals surface area contributed by atoms with E-state index in [1.165, 1.54) is 24.1 Å². The molecule has 0 bridgehead atoms. The molecular formula is C17H28N2O. The van der Waals surface area contributed by atoms with Gasteiger partial charge in [0.05, 0.1) is 6.10 Å². The highest BCUT2D eigenvalue weighted by Gasteiger charge is 2.19. The molecule has 1 saturated heterocycles. The minimum Gasteiger partial charge on any atom is -0.387 e. The van der Waals surface area contributed by atoms with E-state index in [0.29, 0.717) is 0 Å². The van der Waals surface area contributed by atoms with Crippen LogP contribution in [0.3, 0.4) is 0 Å². The molecule has 0 saturated carbocycles. The lowest BCUT2D eigenvalue weighted by atomic mass is 10.0. The third-order valence-corrected chi connectivity index (χ3v) is 4.35. The summed E-state index contributed by atoms with van der Waals surface area (Å²) < 4.78 is 0. The second-order valence-electron chi connectivity index (χ2n) is 6.00. The largest absolute Gasteiger partial charge is 0.387 e. The fourth-order valence-corrected chi connectivity index (χ4v) is 2.83. The Kier molecular flexibility index (Phi) is 5.58. The number of benzene rings is 1. The Balaban J connectivity index is 1.85. The molecular weight excluding hydrogens is 248 g/mol. The number of hydrogen-bond donors (Lipinski definition) is 1. The zero-order valence-corrected chi connectivity index (χ0v) is 13.1. The van der Waals surface area contributed by atoms with Crippen molar-refractivity contribution in [2.45, 2.75) is 33.3 Å². The average Bonchev–Trinajstić information content (AvgIpc) is 2.44. The van der Waals surface area contributed by atoms with Gasteiger partial charge in [0.2, 0.25) is 0 Å². The van der Waals surface area contributed by atoms with Crippen LogP contribution in [0, 0.1) is 13.8 Å². The number of nitrogens with zero attached hydrogens (tertiary/aromatic N) is 2. The number of aliphatic hydroxyl groups excluding tert-OH is 1. The first-order valence-corrected chi connectivity index (χ1v) is 7.80. The minimum absolute atomic E-state index is 0.368. The van der Waals surface area contributed by atoms with Gasteiger partial charge >= 0.3 is 0 Å². The maximum absolute atomic E-state index is 10.4. The van der Waals surface area contributed by atoms with Crippen molar-refractivity contribution in [2.24, 2.45) is 0 Å². The molecule has 1 aliphatic heterocycles. The lowest BCUT2D eigenvalue weighted by molar-refractivity contribution is 0.0726. The molecule has 3 heteroatoms. The summed E-state index contributed by atoms with van der Waals surface area (Å²) in [5.74, 6) is 0. The Labute approximate surface area is 123 Å². The summed E-state index contributed by atoms with van der Waals surface area (Å²) in [6.07, 6.45) is 0.859. The van der Waals surface area contributed by atoms with Crippen LogP contribution in [0.4, 0.5) is 0 Å². The van der Waals surface area contributed by atoms with Gasteiger partial charge in [-0.05, 0) is 43.5 Å². The molecule has 1 aromatic carbocycles. The van der Waals surface area contributed by atoms with Crippen molar-refractivity contribution >= 4 is 0 Å². The van der Waals surface area contributed by atoms with E-state index >= 15 is 0 Å². The number of β-amino-alcohol motifs (C(OH)–C–C–N with tert-alkyl or cyclic N) is 1. The molecule has 0 spiro atoms. The molecule has 2 rings (SSSR count). The molecule has 3 nitrogen and oxygen atoms in total. The fraction of sp³-hybridized carbons (Fsp3) is 0.647. The van der Waals surface area contributed by atoms with Crippen molar-refractivity contribution in [2.75, 3.05) is 39.3 Å². The topological polar surface area (TPSA) is 26.7 Å². The van der Waals surface area contributed by atoms with Gasteiger partial charge in [-0.25, -0.2) is 0 Å². The van der Waals surface area contributed by atoms with Crippen LogP contribution in [-0.2, 0) is 0 Å². The predicted molar refractivity (Wildman–Crippen MR) is 84.0 cm³/mol. The van der Waals surface area contributed by atoms with E-state index in [-0.39, 0.29) is 6.10 Å². The highest BCUT2D eigenvalue weighted by molar-refractivity contribution is 5.31. The number of piperazine rings is 1. The smallest absolute Gasteiger partial charge is 0.0917 e. The standard InChI is InChI=1S/C17H28N2O/c1-4-7-18-8-10-19(11-9-18)13-17(20)16-6-5-14(2)15(3)12-16/h5-6,12,17,20H,4,7-11,13H2,1-3H3. The molecule has 1 fully saturated rings. The van der Waals surface area contributed by atoms with Gasteiger partial charge in [0.1, 0.15) is 0 Å². The summed E-state index contributed by atoms with van der Waals surface area (Å²) in [6, 6.07) is 6.28. The van der Waals surface area contributed by atoms with Crippen LogP contribution in [0.2, 0.25) is 0 Å². The number of aliphatic hydroxyl groups is 1. The van der Waals surface area contributed by atoms with Gasteiger partial charge < -0.3 is 10.0 Å². The zero-order valence-electron chi connectivity index (χ0n) is 13.1. The second-order valence-corrected chi connectivity index (χ2v) is 6.00. The molecule has 0 radical (unpaired) electrons. The lowest BCUT2D eigenvalue weighted by Gasteiger charge is -2.35. The lowest BCUT2D eigenvalue weighted by Crippen LogP contribution is -2.47. The molecule has 1 aliphatic rings. The first-order valence-electron chi connectivity index (χ1n) is 7.80. The van der Waals surface area contributed by atoms with E-state index in [0.717, 1.165) is 38.3 Å². The maximum atomic E-state index is 10.4. The van der Waals surface area contributed by atoms with Crippen LogP contribution in [0.25, 0.3) is 0 Å². The van der Waals surface area contributed by atoms with Crippen LogP contribution in [0.5, 0.6) is 0 Å². The molecule has 1 unspecified atom stereocenters. The van der Waals surface area contributed by atoms with Crippen molar-refractivity contribution in [1.82, 2.24) is 9.80 Å². The van der Waals surface area contributed by atoms with Gasteiger partial charge in [-0.2, -0.15) is 0 Å². The quantitative estimate of drug-likeness (QED) is 0.894. The van der Waals surface area contributed by atoms with Crippen LogP contribution in [0.15, 0.2) is 18.2 Å². The van der Waals surface area contributed by atoms with E-state index in [9.17, 15) is 5.11 Å². The normalized spacial score (nSPS) is 19.2. The SMILES string of the molecule is CCCN1CCN(CC(O)c2ccc(C)c(C)c2)CC1. The van der Waals surface area contributed by atoms with Gasteiger partial charge in [0.25, 0.3) is 0 Å². The molecule has 0 amide bonds. The van der Waals surface area contributed by atoms with Gasteiger partial charge in [-0.3, -0.25) is 4.90 Å². The fourth-order valence-electron chi connectivity index (χ4n) is 2.83. The third-order valence-electron chi connectivity index (χ3n) is 4.35. The van der Waals surface area contributed by atoms with Crippen molar-refractivity contribution in [3.63, 3.8) is 0 Å². The molecule has 0 aromatic heterocycles. The Morgan fingerprint density at radius 1 is 1.05 bits per heavy atom. The Hall–Kier alpha value is -0.900. The van der Waals surface area contributed by atoms with Crippen molar-refractivity contribution in [3.8, 4) is 0 Å². The van der Waals surface area contributed by atoms with E-state index in [1.54, 1.807) is 0 Å². The average molecular weight is 276 g/mol. The Morgan fingerprint density at radius 3 is 2.30 bits per heavy atom. The highest BCUT2D eigenvalue weighted by Crippen LogP contribution is 2.18. The summed E-state index contributed by atoms with van der Waals surface area (Å²) in [7, 11) is 0. The number of hydrogen-bond acceptors (Lipinski definition) is 3. The zero-order chi connectivity index (χ0) is 14.5. The first kappa shape index (κ1) is 15.5. The van der Waals surface area contributed by atoms with Crippen molar-refractivity contribution < 1.29 is 5.11 Å². The van der Waals surface area contributed by atoms with Crippen LogP contribution >= 0.6 is 0 Å². The monoisotopic (exact) mass is 276 g/mol. The van der Waals surface area contributed by atoms with E-state index in [1.807, 2.05) is 0 Å². The van der Waals surface area contributed by atoms with Gasteiger partial charge in [0, 0.05) is 32.7 Å². The van der Waals surface area contributed by atoms with Gasteiger partial charge in [-0.15, -0.1) is 0 Å². The summed E-state index contributed by atoms with van der Waals surface area (Å²) in [6.45, 7) is 12.8. The molecule has 112 valence electrons. The van der Waals surface area contributed by atoms with Gasteiger partial charge in [-0.1, -0.05) is 25.1 Å².